The minimum absolute atomic E-state index is 0.0390. The van der Waals surface area contributed by atoms with Crippen LogP contribution in [-0.4, -0.2) is 36.9 Å². The molecule has 0 bridgehead atoms. The van der Waals surface area contributed by atoms with E-state index in [0.717, 1.165) is 12.8 Å². The van der Waals surface area contributed by atoms with Gasteiger partial charge in [-0.25, -0.2) is 0 Å². The molecule has 0 amide bonds. The van der Waals surface area contributed by atoms with Crippen LogP contribution in [0.15, 0.2) is 54.2 Å². The SMILES string of the molecule is CN(C)C=C(C(=O)c1ccccc1Cc1cccc2c1OC(F)(F)O2)C(=O)C1CC1. The summed E-state index contributed by atoms with van der Waals surface area (Å²) in [5, 5.41) is 0. The summed E-state index contributed by atoms with van der Waals surface area (Å²) in [4.78, 5) is 27.7. The first-order chi connectivity index (χ1) is 14.2. The number of Topliss-reactive ketones (excluding diaryl/α,β-unsaturated/α-hetero) is 2. The lowest BCUT2D eigenvalue weighted by molar-refractivity contribution is -0.286. The van der Waals surface area contributed by atoms with E-state index in [9.17, 15) is 18.4 Å². The molecule has 0 spiro atoms. The number of rotatable bonds is 7. The molecule has 1 aliphatic heterocycles. The van der Waals surface area contributed by atoms with Gasteiger partial charge in [0.25, 0.3) is 0 Å². The van der Waals surface area contributed by atoms with Gasteiger partial charge in [-0.15, -0.1) is 8.78 Å². The van der Waals surface area contributed by atoms with Crippen molar-refractivity contribution in [3.8, 4) is 11.5 Å². The molecule has 30 heavy (non-hydrogen) atoms. The molecule has 0 saturated heterocycles. The molecule has 5 nitrogen and oxygen atoms in total. The highest BCUT2D eigenvalue weighted by molar-refractivity contribution is 6.27. The second-order valence-electron chi connectivity index (χ2n) is 7.72. The van der Waals surface area contributed by atoms with Crippen LogP contribution in [-0.2, 0) is 11.2 Å². The molecule has 4 rings (SSSR count). The molecule has 0 N–H and O–H groups in total. The van der Waals surface area contributed by atoms with Gasteiger partial charge in [0.15, 0.2) is 23.1 Å². The van der Waals surface area contributed by atoms with Crippen molar-refractivity contribution in [1.82, 2.24) is 4.90 Å². The number of ketones is 2. The van der Waals surface area contributed by atoms with E-state index in [0.29, 0.717) is 16.7 Å². The predicted octanol–water partition coefficient (Wildman–Crippen LogP) is 4.21. The number of halogens is 2. The second-order valence-corrected chi connectivity index (χ2v) is 7.72. The number of nitrogens with zero attached hydrogens (tertiary/aromatic N) is 1. The molecule has 0 atom stereocenters. The third-order valence-electron chi connectivity index (χ3n) is 5.00. The van der Waals surface area contributed by atoms with E-state index in [1.165, 1.54) is 6.07 Å². The number of allylic oxidation sites excluding steroid dienone is 1. The number of alkyl halides is 2. The van der Waals surface area contributed by atoms with Crippen LogP contribution in [0.2, 0.25) is 0 Å². The average Bonchev–Trinajstić information content (AvgIpc) is 3.48. The van der Waals surface area contributed by atoms with Crippen molar-refractivity contribution in [2.75, 3.05) is 14.1 Å². The smallest absolute Gasteiger partial charge is 0.395 e. The van der Waals surface area contributed by atoms with Gasteiger partial charge in [-0.3, -0.25) is 9.59 Å². The van der Waals surface area contributed by atoms with E-state index in [4.69, 9.17) is 0 Å². The molecule has 2 aromatic rings. The Morgan fingerprint density at radius 1 is 1.07 bits per heavy atom. The van der Waals surface area contributed by atoms with E-state index in [-0.39, 0.29) is 41.0 Å². The van der Waals surface area contributed by atoms with Crippen LogP contribution in [0.3, 0.4) is 0 Å². The minimum Gasteiger partial charge on any atom is -0.395 e. The van der Waals surface area contributed by atoms with Gasteiger partial charge in [0.05, 0.1) is 5.57 Å². The topological polar surface area (TPSA) is 55.8 Å². The molecule has 0 radical (unpaired) electrons. The summed E-state index contributed by atoms with van der Waals surface area (Å²) in [6.45, 7) is 0. The zero-order chi connectivity index (χ0) is 21.5. The predicted molar refractivity (Wildman–Crippen MR) is 106 cm³/mol. The number of carbonyl (C=O) groups is 2. The van der Waals surface area contributed by atoms with Crippen LogP contribution in [0, 0.1) is 5.92 Å². The van der Waals surface area contributed by atoms with E-state index in [1.807, 2.05) is 0 Å². The molecule has 1 heterocycles. The van der Waals surface area contributed by atoms with E-state index < -0.39 is 6.29 Å². The normalized spacial score (nSPS) is 17.0. The third kappa shape index (κ3) is 4.06. The molecule has 2 aromatic carbocycles. The maximum atomic E-state index is 13.5. The molecular weight excluding hydrogens is 392 g/mol. The van der Waals surface area contributed by atoms with Gasteiger partial charge in [-0.2, -0.15) is 0 Å². The molecule has 156 valence electrons. The maximum absolute atomic E-state index is 13.5. The van der Waals surface area contributed by atoms with E-state index >= 15 is 0 Å². The number of hydrogen-bond acceptors (Lipinski definition) is 5. The first-order valence-electron chi connectivity index (χ1n) is 9.68. The monoisotopic (exact) mass is 413 g/mol. The fourth-order valence-corrected chi connectivity index (χ4v) is 3.47. The number of para-hydroxylation sites is 1. The summed E-state index contributed by atoms with van der Waals surface area (Å²) in [5.74, 6) is -0.703. The van der Waals surface area contributed by atoms with Crippen molar-refractivity contribution in [2.45, 2.75) is 25.6 Å². The van der Waals surface area contributed by atoms with Crippen LogP contribution < -0.4 is 9.47 Å². The number of carbonyl (C=O) groups excluding carboxylic acids is 2. The summed E-state index contributed by atoms with van der Waals surface area (Å²) in [7, 11) is 3.51. The van der Waals surface area contributed by atoms with Gasteiger partial charge in [0, 0.05) is 43.8 Å². The van der Waals surface area contributed by atoms with Crippen molar-refractivity contribution < 1.29 is 27.8 Å². The van der Waals surface area contributed by atoms with Crippen LogP contribution in [0.5, 0.6) is 11.5 Å². The lowest BCUT2D eigenvalue weighted by Gasteiger charge is -2.14. The number of hydrogen-bond donors (Lipinski definition) is 0. The van der Waals surface area contributed by atoms with Gasteiger partial charge in [0.1, 0.15) is 0 Å². The largest absolute Gasteiger partial charge is 0.586 e. The van der Waals surface area contributed by atoms with Crippen LogP contribution in [0.1, 0.15) is 34.3 Å². The van der Waals surface area contributed by atoms with E-state index in [1.54, 1.807) is 61.6 Å². The van der Waals surface area contributed by atoms with Gasteiger partial charge in [-0.1, -0.05) is 36.4 Å². The molecule has 0 aromatic heterocycles. The number of ether oxygens (including phenoxy) is 2. The molecular formula is C23H21F2NO4. The molecule has 2 aliphatic rings. The van der Waals surface area contributed by atoms with Gasteiger partial charge < -0.3 is 14.4 Å². The minimum atomic E-state index is -3.72. The summed E-state index contributed by atoms with van der Waals surface area (Å²) >= 11 is 0. The quantitative estimate of drug-likeness (QED) is 0.295. The fraction of sp³-hybridized carbons (Fsp3) is 0.304. The summed E-state index contributed by atoms with van der Waals surface area (Å²) in [6.07, 6.45) is -0.401. The summed E-state index contributed by atoms with van der Waals surface area (Å²) in [5.41, 5.74) is 1.58. The fourth-order valence-electron chi connectivity index (χ4n) is 3.47. The van der Waals surface area contributed by atoms with Crippen molar-refractivity contribution in [3.63, 3.8) is 0 Å². The van der Waals surface area contributed by atoms with Crippen LogP contribution in [0.25, 0.3) is 0 Å². The van der Waals surface area contributed by atoms with Gasteiger partial charge >= 0.3 is 6.29 Å². The summed E-state index contributed by atoms with van der Waals surface area (Å²) in [6, 6.07) is 11.5. The lowest BCUT2D eigenvalue weighted by Crippen LogP contribution is -2.26. The Morgan fingerprint density at radius 2 is 1.77 bits per heavy atom. The Kier molecular flexibility index (Phi) is 5.05. The zero-order valence-corrected chi connectivity index (χ0v) is 16.7. The molecule has 0 unspecified atom stereocenters. The Labute approximate surface area is 172 Å². The molecule has 1 saturated carbocycles. The van der Waals surface area contributed by atoms with Gasteiger partial charge in [-0.05, 0) is 24.5 Å². The second kappa shape index (κ2) is 7.55. The lowest BCUT2D eigenvalue weighted by atomic mass is 9.91. The Morgan fingerprint density at radius 3 is 2.47 bits per heavy atom. The Bertz CT molecular complexity index is 1040. The Balaban J connectivity index is 1.68. The first-order valence-corrected chi connectivity index (χ1v) is 9.68. The van der Waals surface area contributed by atoms with Gasteiger partial charge in [0.2, 0.25) is 0 Å². The zero-order valence-electron chi connectivity index (χ0n) is 16.7. The van der Waals surface area contributed by atoms with Crippen LogP contribution in [0.4, 0.5) is 8.78 Å². The standard InChI is InChI=1S/C23H21F2NO4/c1-26(2)13-18(20(27)14-10-11-14)21(28)17-8-4-3-6-15(17)12-16-7-5-9-19-22(16)30-23(24,25)29-19/h3-9,13-14H,10-12H2,1-2H3. The maximum Gasteiger partial charge on any atom is 0.586 e. The van der Waals surface area contributed by atoms with Crippen molar-refractivity contribution in [3.05, 3.63) is 70.9 Å². The number of fused-ring (bicyclic) bond motifs is 1. The van der Waals surface area contributed by atoms with Crippen molar-refractivity contribution in [2.24, 2.45) is 5.92 Å². The number of benzene rings is 2. The first kappa shape index (κ1) is 20.1. The Hall–Kier alpha value is -3.22. The summed E-state index contributed by atoms with van der Waals surface area (Å²) < 4.78 is 36.2. The highest BCUT2D eigenvalue weighted by Crippen LogP contribution is 2.44. The van der Waals surface area contributed by atoms with Crippen LogP contribution >= 0.6 is 0 Å². The highest BCUT2D eigenvalue weighted by atomic mass is 19.3. The van der Waals surface area contributed by atoms with Crippen molar-refractivity contribution in [1.29, 1.82) is 0 Å². The molecule has 1 fully saturated rings. The average molecular weight is 413 g/mol. The molecule has 1 aliphatic carbocycles. The molecule has 7 heteroatoms. The van der Waals surface area contributed by atoms with Crippen molar-refractivity contribution >= 4 is 11.6 Å². The third-order valence-corrected chi connectivity index (χ3v) is 5.00. The highest BCUT2D eigenvalue weighted by Gasteiger charge is 2.44. The van der Waals surface area contributed by atoms with E-state index in [2.05, 4.69) is 9.47 Å².